The molecule has 0 heterocycles. The Morgan fingerprint density at radius 1 is 1.15 bits per heavy atom. The molecule has 0 aliphatic heterocycles. The number of hydrogen-bond donors (Lipinski definition) is 1. The maximum atomic E-state index is 14.0. The number of ether oxygens (including phenoxy) is 1. The lowest BCUT2D eigenvalue weighted by atomic mass is 10.1. The molecule has 0 saturated heterocycles. The average Bonchev–Trinajstić information content (AvgIpc) is 3.04. The zero-order chi connectivity index (χ0) is 20.9. The summed E-state index contributed by atoms with van der Waals surface area (Å²) in [5.41, 5.74) is 1.35. The van der Waals surface area contributed by atoms with E-state index >= 15 is 0 Å². The number of nitrogen functional groups attached to an aromatic ring is 1. The lowest BCUT2D eigenvalue weighted by Crippen LogP contribution is -2.26. The minimum atomic E-state index is -5.29. The number of allylic oxidation sites excluding steroid dienone is 2. The van der Waals surface area contributed by atoms with Crippen LogP contribution in [0.3, 0.4) is 0 Å². The van der Waals surface area contributed by atoms with E-state index in [1.165, 1.54) is 13.8 Å². The summed E-state index contributed by atoms with van der Waals surface area (Å²) in [6, 6.07) is 1.03. The normalized spacial score (nSPS) is 22.5. The Bertz CT molecular complexity index is 800. The fourth-order valence-electron chi connectivity index (χ4n) is 2.73. The molecule has 0 spiro atoms. The van der Waals surface area contributed by atoms with Crippen LogP contribution in [-0.4, -0.2) is 12.1 Å². The van der Waals surface area contributed by atoms with E-state index in [0.717, 1.165) is 0 Å². The summed E-state index contributed by atoms with van der Waals surface area (Å²) in [7, 11) is 0. The SMILES string of the molecule is CC1(C)C(C=C(F)C(F)(F)F)C1C(=O)OC(F)(F)c1ccc(N)c(F)c1F. The second-order valence-corrected chi connectivity index (χ2v) is 6.61. The third-order valence-corrected chi connectivity index (χ3v) is 4.42. The van der Waals surface area contributed by atoms with E-state index in [0.29, 0.717) is 12.1 Å². The first-order valence-corrected chi connectivity index (χ1v) is 7.39. The van der Waals surface area contributed by atoms with Crippen molar-refractivity contribution in [3.8, 4) is 0 Å². The summed E-state index contributed by atoms with van der Waals surface area (Å²) < 4.78 is 109. The van der Waals surface area contributed by atoms with Crippen LogP contribution >= 0.6 is 0 Å². The van der Waals surface area contributed by atoms with Gasteiger partial charge in [0.2, 0.25) is 0 Å². The van der Waals surface area contributed by atoms with Crippen molar-refractivity contribution >= 4 is 11.7 Å². The Balaban J connectivity index is 2.23. The Hall–Kier alpha value is -2.33. The number of nitrogens with two attached hydrogens (primary N) is 1. The molecule has 1 fully saturated rings. The summed E-state index contributed by atoms with van der Waals surface area (Å²) in [6.07, 6.45) is -9.81. The molecule has 1 aliphatic rings. The highest BCUT2D eigenvalue weighted by atomic mass is 19.4. The van der Waals surface area contributed by atoms with Gasteiger partial charge in [-0.3, -0.25) is 4.79 Å². The number of rotatable bonds is 4. The molecule has 1 aromatic rings. The molecule has 1 saturated carbocycles. The van der Waals surface area contributed by atoms with Crippen molar-refractivity contribution in [1.82, 2.24) is 0 Å². The highest BCUT2D eigenvalue weighted by Crippen LogP contribution is 2.61. The maximum absolute atomic E-state index is 14.0. The Morgan fingerprint density at radius 3 is 2.22 bits per heavy atom. The Kier molecular flexibility index (Phi) is 4.96. The third kappa shape index (κ3) is 3.86. The van der Waals surface area contributed by atoms with Crippen molar-refractivity contribution in [2.75, 3.05) is 5.73 Å². The number of carbonyl (C=O) groups is 1. The van der Waals surface area contributed by atoms with E-state index < -0.39 is 64.2 Å². The topological polar surface area (TPSA) is 52.3 Å². The number of anilines is 1. The first kappa shape index (κ1) is 21.0. The molecule has 2 rings (SSSR count). The molecule has 0 amide bonds. The second-order valence-electron chi connectivity index (χ2n) is 6.61. The minimum Gasteiger partial charge on any atom is -0.397 e. The van der Waals surface area contributed by atoms with Crippen LogP contribution in [0.5, 0.6) is 0 Å². The third-order valence-electron chi connectivity index (χ3n) is 4.42. The van der Waals surface area contributed by atoms with Crippen molar-refractivity contribution in [3.05, 3.63) is 41.2 Å². The van der Waals surface area contributed by atoms with Gasteiger partial charge in [-0.15, -0.1) is 0 Å². The quantitative estimate of drug-likeness (QED) is 0.445. The van der Waals surface area contributed by atoms with Crippen LogP contribution in [0.15, 0.2) is 24.0 Å². The zero-order valence-electron chi connectivity index (χ0n) is 13.8. The van der Waals surface area contributed by atoms with Crippen LogP contribution in [0.2, 0.25) is 0 Å². The molecule has 2 unspecified atom stereocenters. The molecule has 1 aromatic carbocycles. The van der Waals surface area contributed by atoms with E-state index in [-0.39, 0.29) is 6.08 Å². The summed E-state index contributed by atoms with van der Waals surface area (Å²) in [5, 5.41) is 0. The predicted molar refractivity (Wildman–Crippen MR) is 76.8 cm³/mol. The zero-order valence-corrected chi connectivity index (χ0v) is 13.8. The van der Waals surface area contributed by atoms with Crippen LogP contribution in [0, 0.1) is 28.9 Å². The molecule has 0 radical (unpaired) electrons. The maximum Gasteiger partial charge on any atom is 0.442 e. The van der Waals surface area contributed by atoms with Crippen molar-refractivity contribution in [2.45, 2.75) is 26.1 Å². The van der Waals surface area contributed by atoms with Gasteiger partial charge in [-0.1, -0.05) is 13.8 Å². The number of esters is 1. The molecule has 1 aliphatic carbocycles. The lowest BCUT2D eigenvalue weighted by Gasteiger charge is -2.18. The van der Waals surface area contributed by atoms with Gasteiger partial charge in [-0.25, -0.2) is 13.2 Å². The largest absolute Gasteiger partial charge is 0.442 e. The fourth-order valence-corrected chi connectivity index (χ4v) is 2.73. The van der Waals surface area contributed by atoms with Gasteiger partial charge in [0.15, 0.2) is 17.5 Å². The Morgan fingerprint density at radius 2 is 1.70 bits per heavy atom. The molecular weight excluding hydrogens is 390 g/mol. The smallest absolute Gasteiger partial charge is 0.397 e. The van der Waals surface area contributed by atoms with Gasteiger partial charge in [-0.05, 0) is 29.5 Å². The van der Waals surface area contributed by atoms with Gasteiger partial charge >= 0.3 is 18.3 Å². The first-order chi connectivity index (χ1) is 12.1. The molecule has 11 heteroatoms. The summed E-state index contributed by atoms with van der Waals surface area (Å²) in [6.45, 7) is 2.48. The van der Waals surface area contributed by atoms with Crippen molar-refractivity contribution < 1.29 is 44.7 Å². The van der Waals surface area contributed by atoms with Gasteiger partial charge < -0.3 is 10.5 Å². The molecule has 27 heavy (non-hydrogen) atoms. The van der Waals surface area contributed by atoms with Gasteiger partial charge in [0.25, 0.3) is 0 Å². The summed E-state index contributed by atoms with van der Waals surface area (Å²) in [4.78, 5) is 11.9. The predicted octanol–water partition coefficient (Wildman–Crippen LogP) is 4.83. The van der Waals surface area contributed by atoms with Crippen molar-refractivity contribution in [3.63, 3.8) is 0 Å². The monoisotopic (exact) mass is 403 g/mol. The molecule has 0 bridgehead atoms. The number of alkyl halides is 5. The van der Waals surface area contributed by atoms with Gasteiger partial charge in [0.05, 0.1) is 11.6 Å². The molecule has 0 aromatic heterocycles. The molecule has 2 atom stereocenters. The molecule has 2 N–H and O–H groups in total. The highest BCUT2D eigenvalue weighted by molar-refractivity contribution is 5.78. The first-order valence-electron chi connectivity index (χ1n) is 7.39. The summed E-state index contributed by atoms with van der Waals surface area (Å²) >= 11 is 0. The average molecular weight is 403 g/mol. The molecule has 3 nitrogen and oxygen atoms in total. The van der Waals surface area contributed by atoms with Crippen LogP contribution in [0.1, 0.15) is 19.4 Å². The fraction of sp³-hybridized carbons (Fsp3) is 0.438. The van der Waals surface area contributed by atoms with E-state index in [9.17, 15) is 39.9 Å². The van der Waals surface area contributed by atoms with E-state index in [1.54, 1.807) is 0 Å². The standard InChI is InChI=1S/C16H13F8NO2/c1-14(2)7(5-9(17)15(20,21)22)10(14)13(26)27-16(23,24)6-3-4-8(25)12(19)11(6)18/h3-5,7,10H,25H2,1-2H3. The number of hydrogen-bond acceptors (Lipinski definition) is 3. The van der Waals surface area contributed by atoms with Crippen LogP contribution in [-0.2, 0) is 15.6 Å². The number of carbonyl (C=O) groups excluding carboxylic acids is 1. The van der Waals surface area contributed by atoms with Crippen LogP contribution in [0.4, 0.5) is 40.8 Å². The van der Waals surface area contributed by atoms with Crippen molar-refractivity contribution in [1.29, 1.82) is 0 Å². The van der Waals surface area contributed by atoms with E-state index in [2.05, 4.69) is 4.74 Å². The number of halogens is 8. The van der Waals surface area contributed by atoms with Gasteiger partial charge in [-0.2, -0.15) is 22.0 Å². The lowest BCUT2D eigenvalue weighted by molar-refractivity contribution is -0.243. The van der Waals surface area contributed by atoms with Gasteiger partial charge in [0, 0.05) is 0 Å². The van der Waals surface area contributed by atoms with Crippen molar-refractivity contribution in [2.24, 2.45) is 17.3 Å². The summed E-state index contributed by atoms with van der Waals surface area (Å²) in [5.74, 6) is -10.9. The second kappa shape index (κ2) is 6.38. The molecule has 150 valence electrons. The number of benzene rings is 1. The highest BCUT2D eigenvalue weighted by Gasteiger charge is 2.63. The minimum absolute atomic E-state index is 0.105. The van der Waals surface area contributed by atoms with E-state index in [1.807, 2.05) is 0 Å². The Labute approximate surface area is 147 Å². The van der Waals surface area contributed by atoms with Gasteiger partial charge in [0.1, 0.15) is 5.56 Å². The van der Waals surface area contributed by atoms with Crippen LogP contribution < -0.4 is 5.73 Å². The van der Waals surface area contributed by atoms with Crippen LogP contribution in [0.25, 0.3) is 0 Å². The molecular formula is C16H13F8NO2. The van der Waals surface area contributed by atoms with E-state index in [4.69, 9.17) is 5.73 Å².